The summed E-state index contributed by atoms with van der Waals surface area (Å²) in [6.45, 7) is 1.92. The van der Waals surface area contributed by atoms with Gasteiger partial charge in [-0.3, -0.25) is 0 Å². The molecule has 0 aromatic heterocycles. The molecule has 0 fully saturated rings. The summed E-state index contributed by atoms with van der Waals surface area (Å²) in [6, 6.07) is 16.1. The minimum Gasteiger partial charge on any atom is -0.398 e. The molecule has 3 heteroatoms. The van der Waals surface area contributed by atoms with Gasteiger partial charge in [-0.25, -0.2) is 0 Å². The largest absolute Gasteiger partial charge is 0.398 e. The number of aliphatic hydroxyl groups is 1. The van der Waals surface area contributed by atoms with Crippen LogP contribution in [0.1, 0.15) is 30.1 Å². The van der Waals surface area contributed by atoms with Gasteiger partial charge in [-0.1, -0.05) is 36.4 Å². The van der Waals surface area contributed by atoms with Gasteiger partial charge in [0.2, 0.25) is 0 Å². The van der Waals surface area contributed by atoms with Crippen molar-refractivity contribution >= 4 is 11.4 Å². The Labute approximate surface area is 126 Å². The zero-order valence-corrected chi connectivity index (χ0v) is 12.2. The molecule has 3 nitrogen and oxygen atoms in total. The molecule has 1 heterocycles. The van der Waals surface area contributed by atoms with Crippen molar-refractivity contribution in [2.75, 3.05) is 23.7 Å². The van der Waals surface area contributed by atoms with Crippen molar-refractivity contribution in [3.63, 3.8) is 0 Å². The van der Waals surface area contributed by atoms with Crippen LogP contribution in [0.25, 0.3) is 0 Å². The second-order valence-electron chi connectivity index (χ2n) is 5.65. The Kier molecular flexibility index (Phi) is 4.11. The van der Waals surface area contributed by atoms with Crippen LogP contribution in [-0.4, -0.2) is 18.2 Å². The highest BCUT2D eigenvalue weighted by Gasteiger charge is 2.18. The molecule has 3 rings (SSSR count). The average molecular weight is 282 g/mol. The lowest BCUT2D eigenvalue weighted by molar-refractivity contribution is 0.170. The van der Waals surface area contributed by atoms with E-state index in [-0.39, 0.29) is 0 Å². The Hall–Kier alpha value is -2.00. The van der Waals surface area contributed by atoms with Crippen LogP contribution in [0, 0.1) is 0 Å². The van der Waals surface area contributed by atoms with Crippen molar-refractivity contribution in [3.8, 4) is 0 Å². The van der Waals surface area contributed by atoms with E-state index in [1.165, 1.54) is 17.7 Å². The average Bonchev–Trinajstić information content (AvgIpc) is 2.53. The molecule has 0 radical (unpaired) electrons. The number of aliphatic hydroxyl groups excluding tert-OH is 1. The summed E-state index contributed by atoms with van der Waals surface area (Å²) in [5.74, 6) is 0. The summed E-state index contributed by atoms with van der Waals surface area (Å²) in [5, 5.41) is 10.4. The van der Waals surface area contributed by atoms with E-state index in [2.05, 4.69) is 29.2 Å². The molecule has 0 spiro atoms. The quantitative estimate of drug-likeness (QED) is 0.847. The van der Waals surface area contributed by atoms with Gasteiger partial charge < -0.3 is 15.7 Å². The van der Waals surface area contributed by atoms with Gasteiger partial charge in [-0.15, -0.1) is 0 Å². The van der Waals surface area contributed by atoms with Gasteiger partial charge in [0, 0.05) is 30.0 Å². The van der Waals surface area contributed by atoms with E-state index in [1.807, 2.05) is 24.3 Å². The van der Waals surface area contributed by atoms with Gasteiger partial charge in [0.15, 0.2) is 0 Å². The van der Waals surface area contributed by atoms with E-state index in [0.717, 1.165) is 25.1 Å². The Bertz CT molecular complexity index is 612. The van der Waals surface area contributed by atoms with E-state index in [9.17, 15) is 5.11 Å². The third kappa shape index (κ3) is 3.03. The zero-order chi connectivity index (χ0) is 14.7. The lowest BCUT2D eigenvalue weighted by atomic mass is 10.00. The van der Waals surface area contributed by atoms with Crippen molar-refractivity contribution in [2.24, 2.45) is 0 Å². The van der Waals surface area contributed by atoms with E-state index in [0.29, 0.717) is 12.1 Å². The Morgan fingerprint density at radius 2 is 1.86 bits per heavy atom. The third-order valence-electron chi connectivity index (χ3n) is 4.23. The van der Waals surface area contributed by atoms with Crippen molar-refractivity contribution in [3.05, 3.63) is 59.7 Å². The number of hydrogen-bond donors (Lipinski definition) is 2. The van der Waals surface area contributed by atoms with Gasteiger partial charge in [0.1, 0.15) is 0 Å². The number of anilines is 2. The summed E-state index contributed by atoms with van der Waals surface area (Å²) in [4.78, 5) is 2.38. The van der Waals surface area contributed by atoms with Crippen LogP contribution in [-0.2, 0) is 6.42 Å². The number of benzene rings is 2. The summed E-state index contributed by atoms with van der Waals surface area (Å²) < 4.78 is 0. The standard InChI is InChI=1S/C18H22N2O/c19-16-9-3-2-8-15(16)18(21)11-13-20-12-5-7-14-6-1-4-10-17(14)20/h1-4,6,8-10,18,21H,5,7,11-13,19H2. The minimum absolute atomic E-state index is 0.500. The van der Waals surface area contributed by atoms with Crippen LogP contribution >= 0.6 is 0 Å². The minimum atomic E-state index is -0.500. The van der Waals surface area contributed by atoms with Crippen LogP contribution in [0.4, 0.5) is 11.4 Å². The topological polar surface area (TPSA) is 49.5 Å². The fourth-order valence-corrected chi connectivity index (χ4v) is 3.09. The van der Waals surface area contributed by atoms with Gasteiger partial charge in [-0.2, -0.15) is 0 Å². The highest BCUT2D eigenvalue weighted by Crippen LogP contribution is 2.29. The fraction of sp³-hybridized carbons (Fsp3) is 0.333. The molecule has 0 aliphatic carbocycles. The molecule has 1 aliphatic heterocycles. The smallest absolute Gasteiger partial charge is 0.0826 e. The number of rotatable bonds is 4. The molecule has 1 atom stereocenters. The first kappa shape index (κ1) is 14.0. The predicted molar refractivity (Wildman–Crippen MR) is 87.4 cm³/mol. The highest BCUT2D eigenvalue weighted by molar-refractivity contribution is 5.55. The van der Waals surface area contributed by atoms with Crippen LogP contribution in [0.15, 0.2) is 48.5 Å². The lowest BCUT2D eigenvalue weighted by Gasteiger charge is -2.32. The summed E-state index contributed by atoms with van der Waals surface area (Å²) in [5.41, 5.74) is 10.2. The van der Waals surface area contributed by atoms with Crippen LogP contribution in [0.3, 0.4) is 0 Å². The molecule has 0 amide bonds. The van der Waals surface area contributed by atoms with Crippen molar-refractivity contribution < 1.29 is 5.11 Å². The van der Waals surface area contributed by atoms with Gasteiger partial charge in [-0.05, 0) is 37.0 Å². The molecule has 21 heavy (non-hydrogen) atoms. The molecule has 2 aromatic carbocycles. The molecule has 110 valence electrons. The first-order chi connectivity index (χ1) is 10.3. The molecule has 1 aliphatic rings. The summed E-state index contributed by atoms with van der Waals surface area (Å²) in [7, 11) is 0. The van der Waals surface area contributed by atoms with E-state index >= 15 is 0 Å². The molecule has 0 saturated carbocycles. The highest BCUT2D eigenvalue weighted by atomic mass is 16.3. The van der Waals surface area contributed by atoms with E-state index < -0.39 is 6.10 Å². The van der Waals surface area contributed by atoms with E-state index in [4.69, 9.17) is 5.73 Å². The lowest BCUT2D eigenvalue weighted by Crippen LogP contribution is -2.31. The van der Waals surface area contributed by atoms with Gasteiger partial charge in [0.05, 0.1) is 6.10 Å². The number of aryl methyl sites for hydroxylation is 1. The van der Waals surface area contributed by atoms with Crippen molar-refractivity contribution in [1.29, 1.82) is 0 Å². The number of hydrogen-bond acceptors (Lipinski definition) is 3. The maximum Gasteiger partial charge on any atom is 0.0826 e. The number of para-hydroxylation sites is 2. The molecule has 0 bridgehead atoms. The molecule has 0 saturated heterocycles. The van der Waals surface area contributed by atoms with Crippen LogP contribution in [0.2, 0.25) is 0 Å². The molecule has 3 N–H and O–H groups in total. The van der Waals surface area contributed by atoms with Crippen LogP contribution < -0.4 is 10.6 Å². The maximum atomic E-state index is 10.4. The Morgan fingerprint density at radius 3 is 2.71 bits per heavy atom. The van der Waals surface area contributed by atoms with Crippen molar-refractivity contribution in [1.82, 2.24) is 0 Å². The molecule has 1 unspecified atom stereocenters. The zero-order valence-electron chi connectivity index (χ0n) is 12.2. The third-order valence-corrected chi connectivity index (χ3v) is 4.23. The molecular formula is C18H22N2O. The fourth-order valence-electron chi connectivity index (χ4n) is 3.09. The van der Waals surface area contributed by atoms with Gasteiger partial charge in [0.25, 0.3) is 0 Å². The number of nitrogens with zero attached hydrogens (tertiary/aromatic N) is 1. The monoisotopic (exact) mass is 282 g/mol. The summed E-state index contributed by atoms with van der Waals surface area (Å²) in [6.07, 6.45) is 2.53. The number of fused-ring (bicyclic) bond motifs is 1. The molecule has 2 aromatic rings. The number of nitrogen functional groups attached to an aromatic ring is 1. The molecular weight excluding hydrogens is 260 g/mol. The second kappa shape index (κ2) is 6.19. The van der Waals surface area contributed by atoms with Gasteiger partial charge >= 0.3 is 0 Å². The second-order valence-corrected chi connectivity index (χ2v) is 5.65. The number of nitrogens with two attached hydrogens (primary N) is 1. The first-order valence-corrected chi connectivity index (χ1v) is 7.61. The normalized spacial score (nSPS) is 15.6. The van der Waals surface area contributed by atoms with E-state index in [1.54, 1.807) is 0 Å². The van der Waals surface area contributed by atoms with Crippen LogP contribution in [0.5, 0.6) is 0 Å². The van der Waals surface area contributed by atoms with Crippen molar-refractivity contribution in [2.45, 2.75) is 25.4 Å². The summed E-state index contributed by atoms with van der Waals surface area (Å²) >= 11 is 0. The Morgan fingerprint density at radius 1 is 1.10 bits per heavy atom. The Balaban J connectivity index is 1.67. The SMILES string of the molecule is Nc1ccccc1C(O)CCN1CCCc2ccccc21. The maximum absolute atomic E-state index is 10.4. The predicted octanol–water partition coefficient (Wildman–Crippen LogP) is 3.15. The first-order valence-electron chi connectivity index (χ1n) is 7.61.